The Morgan fingerprint density at radius 1 is 1.18 bits per heavy atom. The van der Waals surface area contributed by atoms with E-state index in [1.54, 1.807) is 6.92 Å². The fourth-order valence-corrected chi connectivity index (χ4v) is 2.75. The predicted molar refractivity (Wildman–Crippen MR) is 106 cm³/mol. The summed E-state index contributed by atoms with van der Waals surface area (Å²) in [5, 5.41) is 5.57. The molecule has 2 aromatic rings. The first-order valence-corrected chi connectivity index (χ1v) is 8.83. The SMILES string of the molecule is CC(=S)NC[C@H]1CN(c2ccc(Nc3ccc(F)ccc3=O)c(F)c2)C(=O)O1. The van der Waals surface area contributed by atoms with Crippen molar-refractivity contribution in [3.63, 3.8) is 0 Å². The van der Waals surface area contributed by atoms with E-state index < -0.39 is 29.3 Å². The molecule has 2 aromatic carbocycles. The number of hydrogen-bond acceptors (Lipinski definition) is 5. The minimum Gasteiger partial charge on any atom is -0.442 e. The molecule has 6 nitrogen and oxygen atoms in total. The van der Waals surface area contributed by atoms with Gasteiger partial charge in [-0.1, -0.05) is 12.2 Å². The fraction of sp³-hybridized carbons (Fsp3) is 0.211. The van der Waals surface area contributed by atoms with Crippen molar-refractivity contribution < 1.29 is 18.3 Å². The molecule has 0 bridgehead atoms. The van der Waals surface area contributed by atoms with Gasteiger partial charge in [-0.2, -0.15) is 0 Å². The number of anilines is 3. The molecule has 0 aromatic heterocycles. The summed E-state index contributed by atoms with van der Waals surface area (Å²) in [4.78, 5) is 25.9. The molecule has 3 rings (SSSR count). The topological polar surface area (TPSA) is 70.7 Å². The van der Waals surface area contributed by atoms with E-state index in [0.717, 1.165) is 24.3 Å². The standard InChI is InChI=1S/C19H17F2N3O3S/c1-11(28)22-9-14-10-24(19(26)27-14)13-4-6-16(15(21)8-13)23-17-5-2-12(20)3-7-18(17)25/h2-8,14H,9-10H2,1H3,(H,22,28)(H,23,25)/t14-/m0/s1. The Bertz CT molecular complexity index is 987. The molecule has 0 saturated carbocycles. The van der Waals surface area contributed by atoms with Gasteiger partial charge in [-0.15, -0.1) is 0 Å². The lowest BCUT2D eigenvalue weighted by Crippen LogP contribution is -2.32. The molecule has 0 spiro atoms. The van der Waals surface area contributed by atoms with E-state index in [4.69, 9.17) is 17.0 Å². The van der Waals surface area contributed by atoms with Gasteiger partial charge >= 0.3 is 6.09 Å². The predicted octanol–water partition coefficient (Wildman–Crippen LogP) is 3.33. The van der Waals surface area contributed by atoms with E-state index in [2.05, 4.69) is 10.6 Å². The Hall–Kier alpha value is -3.07. The number of amides is 1. The number of nitrogens with one attached hydrogen (secondary N) is 2. The molecular weight excluding hydrogens is 388 g/mol. The van der Waals surface area contributed by atoms with Gasteiger partial charge in [0.25, 0.3) is 0 Å². The summed E-state index contributed by atoms with van der Waals surface area (Å²) >= 11 is 4.93. The molecule has 1 aliphatic rings. The molecular formula is C19H17F2N3O3S. The molecule has 1 fully saturated rings. The van der Waals surface area contributed by atoms with Crippen LogP contribution in [0, 0.1) is 11.6 Å². The molecule has 28 heavy (non-hydrogen) atoms. The second kappa shape index (κ2) is 8.30. The van der Waals surface area contributed by atoms with Crippen LogP contribution in [0.15, 0.2) is 47.3 Å². The van der Waals surface area contributed by atoms with Gasteiger partial charge in [0.1, 0.15) is 17.7 Å². The van der Waals surface area contributed by atoms with Crippen LogP contribution in [0.1, 0.15) is 6.92 Å². The molecule has 1 aliphatic heterocycles. The van der Waals surface area contributed by atoms with Crippen LogP contribution in [-0.4, -0.2) is 30.3 Å². The van der Waals surface area contributed by atoms with Crippen LogP contribution in [-0.2, 0) is 4.74 Å². The molecule has 1 atom stereocenters. The van der Waals surface area contributed by atoms with Gasteiger partial charge in [-0.3, -0.25) is 9.69 Å². The first kappa shape index (κ1) is 19.7. The molecule has 1 heterocycles. The Morgan fingerprint density at radius 2 is 1.89 bits per heavy atom. The quantitative estimate of drug-likeness (QED) is 0.744. The van der Waals surface area contributed by atoms with Crippen molar-refractivity contribution in [2.45, 2.75) is 13.0 Å². The maximum absolute atomic E-state index is 14.5. The summed E-state index contributed by atoms with van der Waals surface area (Å²) in [5.41, 5.74) is -0.117. The van der Waals surface area contributed by atoms with Crippen LogP contribution >= 0.6 is 12.2 Å². The third kappa shape index (κ3) is 4.61. The number of carbonyl (C=O) groups is 1. The summed E-state index contributed by atoms with van der Waals surface area (Å²) in [6, 6.07) is 8.51. The summed E-state index contributed by atoms with van der Waals surface area (Å²) < 4.78 is 33.0. The number of benzene rings is 1. The number of nitrogens with zero attached hydrogens (tertiary/aromatic N) is 1. The molecule has 146 valence electrons. The number of hydrogen-bond donors (Lipinski definition) is 2. The van der Waals surface area contributed by atoms with Gasteiger partial charge in [0.2, 0.25) is 5.43 Å². The third-order valence-corrected chi connectivity index (χ3v) is 4.20. The number of halogens is 2. The third-order valence-electron chi connectivity index (χ3n) is 4.06. The lowest BCUT2D eigenvalue weighted by atomic mass is 10.2. The zero-order valence-corrected chi connectivity index (χ0v) is 15.7. The highest BCUT2D eigenvalue weighted by molar-refractivity contribution is 7.80. The average molecular weight is 405 g/mol. The van der Waals surface area contributed by atoms with E-state index in [1.165, 1.54) is 23.1 Å². The molecule has 9 heteroatoms. The van der Waals surface area contributed by atoms with Gasteiger partial charge in [-0.25, -0.2) is 13.6 Å². The Balaban J connectivity index is 1.76. The second-order valence-electron chi connectivity index (χ2n) is 6.17. The van der Waals surface area contributed by atoms with Crippen LogP contribution in [0.25, 0.3) is 0 Å². The number of cyclic esters (lactones) is 1. The zero-order valence-electron chi connectivity index (χ0n) is 14.9. The molecule has 1 saturated heterocycles. The number of thiocarbonyl (C=S) groups is 1. The van der Waals surface area contributed by atoms with E-state index in [9.17, 15) is 18.4 Å². The maximum Gasteiger partial charge on any atom is 0.414 e. The summed E-state index contributed by atoms with van der Waals surface area (Å²) in [7, 11) is 0. The summed E-state index contributed by atoms with van der Waals surface area (Å²) in [5.74, 6) is -1.26. The van der Waals surface area contributed by atoms with Gasteiger partial charge < -0.3 is 15.4 Å². The highest BCUT2D eigenvalue weighted by Crippen LogP contribution is 2.27. The number of ether oxygens (including phenoxy) is 1. The zero-order chi connectivity index (χ0) is 20.3. The monoisotopic (exact) mass is 405 g/mol. The number of carbonyl (C=O) groups excluding carboxylic acids is 1. The lowest BCUT2D eigenvalue weighted by Gasteiger charge is -2.15. The minimum absolute atomic E-state index is 0.0228. The van der Waals surface area contributed by atoms with Crippen molar-refractivity contribution in [2.75, 3.05) is 23.3 Å². The van der Waals surface area contributed by atoms with Gasteiger partial charge in [0, 0.05) is 0 Å². The Kier molecular flexibility index (Phi) is 5.84. The van der Waals surface area contributed by atoms with Gasteiger partial charge in [0.05, 0.1) is 35.1 Å². The van der Waals surface area contributed by atoms with Gasteiger partial charge in [-0.05, 0) is 49.4 Å². The summed E-state index contributed by atoms with van der Waals surface area (Å²) in [6.45, 7) is 2.34. The van der Waals surface area contributed by atoms with E-state index in [-0.39, 0.29) is 17.9 Å². The minimum atomic E-state index is -0.673. The highest BCUT2D eigenvalue weighted by Gasteiger charge is 2.32. The summed E-state index contributed by atoms with van der Waals surface area (Å²) in [6.07, 6.45) is -0.991. The molecule has 0 aliphatic carbocycles. The molecule has 0 unspecified atom stereocenters. The van der Waals surface area contributed by atoms with Gasteiger partial charge in [0.15, 0.2) is 0 Å². The first-order chi connectivity index (χ1) is 13.3. The van der Waals surface area contributed by atoms with Crippen molar-refractivity contribution in [2.24, 2.45) is 0 Å². The van der Waals surface area contributed by atoms with Crippen LogP contribution in [0.3, 0.4) is 0 Å². The van der Waals surface area contributed by atoms with Crippen LogP contribution < -0.4 is 21.0 Å². The van der Waals surface area contributed by atoms with Crippen molar-refractivity contribution in [3.8, 4) is 0 Å². The molecule has 1 amide bonds. The van der Waals surface area contributed by atoms with E-state index >= 15 is 0 Å². The Morgan fingerprint density at radius 3 is 2.61 bits per heavy atom. The van der Waals surface area contributed by atoms with Crippen molar-refractivity contribution in [1.82, 2.24) is 5.32 Å². The lowest BCUT2D eigenvalue weighted by molar-refractivity contribution is 0.143. The van der Waals surface area contributed by atoms with Crippen LogP contribution in [0.4, 0.5) is 30.6 Å². The molecule has 2 N–H and O–H groups in total. The maximum atomic E-state index is 14.5. The average Bonchev–Trinajstić information content (AvgIpc) is 2.95. The largest absolute Gasteiger partial charge is 0.442 e. The Labute approximate surface area is 165 Å². The smallest absolute Gasteiger partial charge is 0.414 e. The van der Waals surface area contributed by atoms with Crippen molar-refractivity contribution in [3.05, 3.63) is 64.3 Å². The van der Waals surface area contributed by atoms with Crippen molar-refractivity contribution in [1.29, 1.82) is 0 Å². The molecule has 0 radical (unpaired) electrons. The van der Waals surface area contributed by atoms with E-state index in [0.29, 0.717) is 17.2 Å². The number of rotatable bonds is 5. The van der Waals surface area contributed by atoms with E-state index in [1.807, 2.05) is 0 Å². The van der Waals surface area contributed by atoms with Crippen LogP contribution in [0.5, 0.6) is 0 Å². The highest BCUT2D eigenvalue weighted by atomic mass is 32.1. The fourth-order valence-electron chi connectivity index (χ4n) is 2.66. The first-order valence-electron chi connectivity index (χ1n) is 8.42. The normalized spacial score (nSPS) is 15.9. The van der Waals surface area contributed by atoms with Crippen molar-refractivity contribution >= 4 is 40.4 Å². The van der Waals surface area contributed by atoms with Crippen LogP contribution in [0.2, 0.25) is 0 Å². The second-order valence-corrected chi connectivity index (χ2v) is 6.78.